The average Bonchev–Trinajstić information content (AvgIpc) is 2.57. The Morgan fingerprint density at radius 2 is 2.00 bits per heavy atom. The molecule has 0 aliphatic heterocycles. The molecule has 0 aliphatic rings. The van der Waals surface area contributed by atoms with Crippen molar-refractivity contribution >= 4 is 17.3 Å². The van der Waals surface area contributed by atoms with Gasteiger partial charge in [-0.05, 0) is 57.4 Å². The summed E-state index contributed by atoms with van der Waals surface area (Å²) in [6.45, 7) is 2.76. The van der Waals surface area contributed by atoms with Crippen LogP contribution in [0.5, 0.6) is 0 Å². The van der Waals surface area contributed by atoms with Gasteiger partial charge in [-0.3, -0.25) is 9.78 Å². The molecule has 0 saturated heterocycles. The van der Waals surface area contributed by atoms with Crippen molar-refractivity contribution < 1.29 is 4.79 Å². The third-order valence-electron chi connectivity index (χ3n) is 3.55. The number of benzene rings is 1. The maximum Gasteiger partial charge on any atom is 0.274 e. The summed E-state index contributed by atoms with van der Waals surface area (Å²) in [4.78, 5) is 18.6. The van der Waals surface area contributed by atoms with Crippen LogP contribution in [0.4, 0.5) is 11.4 Å². The summed E-state index contributed by atoms with van der Waals surface area (Å²) in [7, 11) is 4.13. The molecule has 0 fully saturated rings. The smallest absolute Gasteiger partial charge is 0.274 e. The number of carbonyl (C=O) groups excluding carboxylic acids is 1. The molecule has 1 heterocycles. The third kappa shape index (κ3) is 5.64. The van der Waals surface area contributed by atoms with Crippen LogP contribution >= 0.6 is 0 Å². The van der Waals surface area contributed by atoms with E-state index in [1.54, 1.807) is 24.4 Å². The van der Waals surface area contributed by atoms with E-state index in [9.17, 15) is 4.79 Å². The summed E-state index contributed by atoms with van der Waals surface area (Å²) in [6, 6.07) is 10.8. The maximum absolute atomic E-state index is 12.2. The second kappa shape index (κ2) is 9.00. The minimum Gasteiger partial charge on any atom is -0.397 e. The van der Waals surface area contributed by atoms with Gasteiger partial charge in [0.1, 0.15) is 5.69 Å². The Morgan fingerprint density at radius 3 is 2.67 bits per heavy atom. The molecule has 0 spiro atoms. The first kappa shape index (κ1) is 17.9. The van der Waals surface area contributed by atoms with Gasteiger partial charge in [-0.25, -0.2) is 0 Å². The quantitative estimate of drug-likeness (QED) is 0.510. The van der Waals surface area contributed by atoms with Gasteiger partial charge >= 0.3 is 0 Å². The Kier molecular flexibility index (Phi) is 6.72. The molecule has 0 atom stereocenters. The number of rotatable bonds is 8. The predicted molar refractivity (Wildman–Crippen MR) is 97.9 cm³/mol. The Bertz CT molecular complexity index is 655. The van der Waals surface area contributed by atoms with Crippen molar-refractivity contribution in [2.75, 3.05) is 38.2 Å². The number of hydrogen-bond acceptors (Lipinski definition) is 5. The van der Waals surface area contributed by atoms with E-state index >= 15 is 0 Å². The van der Waals surface area contributed by atoms with Crippen molar-refractivity contribution in [1.82, 2.24) is 15.2 Å². The van der Waals surface area contributed by atoms with Crippen LogP contribution in [0.1, 0.15) is 22.5 Å². The van der Waals surface area contributed by atoms with E-state index in [0.717, 1.165) is 31.6 Å². The Hall–Kier alpha value is -2.44. The molecule has 2 rings (SSSR count). The predicted octanol–water partition coefficient (Wildman–Crippen LogP) is 1.96. The molecule has 1 aromatic heterocycles. The van der Waals surface area contributed by atoms with Gasteiger partial charge in [0.25, 0.3) is 5.91 Å². The van der Waals surface area contributed by atoms with Crippen molar-refractivity contribution in [2.24, 2.45) is 0 Å². The van der Waals surface area contributed by atoms with Crippen LogP contribution in [0, 0.1) is 0 Å². The molecule has 24 heavy (non-hydrogen) atoms. The van der Waals surface area contributed by atoms with E-state index < -0.39 is 0 Å². The number of hydrogen-bond donors (Lipinski definition) is 3. The molecule has 6 heteroatoms. The van der Waals surface area contributed by atoms with Gasteiger partial charge in [0.2, 0.25) is 0 Å². The van der Waals surface area contributed by atoms with Crippen LogP contribution in [-0.4, -0.2) is 43.0 Å². The highest BCUT2D eigenvalue weighted by Gasteiger charge is 2.09. The van der Waals surface area contributed by atoms with Crippen molar-refractivity contribution in [2.45, 2.75) is 13.0 Å². The van der Waals surface area contributed by atoms with Gasteiger partial charge in [0.05, 0.1) is 11.4 Å². The summed E-state index contributed by atoms with van der Waals surface area (Å²) in [5.74, 6) is -0.265. The number of nitrogens with one attached hydrogen (secondary N) is 2. The number of carbonyl (C=O) groups is 1. The van der Waals surface area contributed by atoms with Crippen molar-refractivity contribution in [3.8, 4) is 0 Å². The number of amides is 1. The van der Waals surface area contributed by atoms with E-state index in [1.807, 2.05) is 18.2 Å². The first-order chi connectivity index (χ1) is 11.6. The van der Waals surface area contributed by atoms with Crippen LogP contribution in [0.15, 0.2) is 42.6 Å². The summed E-state index contributed by atoms with van der Waals surface area (Å²) < 4.78 is 0. The second-order valence-electron chi connectivity index (χ2n) is 5.93. The molecule has 1 amide bonds. The summed E-state index contributed by atoms with van der Waals surface area (Å²) >= 11 is 0. The molecule has 6 nitrogen and oxygen atoms in total. The zero-order valence-corrected chi connectivity index (χ0v) is 14.2. The number of pyridine rings is 1. The normalized spacial score (nSPS) is 10.8. The number of nitrogens with zero attached hydrogens (tertiary/aromatic N) is 2. The number of para-hydroxylation sites is 2. The molecule has 0 saturated carbocycles. The fourth-order valence-electron chi connectivity index (χ4n) is 2.21. The largest absolute Gasteiger partial charge is 0.397 e. The highest BCUT2D eigenvalue weighted by Crippen LogP contribution is 2.17. The van der Waals surface area contributed by atoms with Crippen LogP contribution in [-0.2, 0) is 6.54 Å². The first-order valence-electron chi connectivity index (χ1n) is 8.02. The van der Waals surface area contributed by atoms with E-state index in [0.29, 0.717) is 17.1 Å². The lowest BCUT2D eigenvalue weighted by molar-refractivity contribution is 0.102. The van der Waals surface area contributed by atoms with Crippen molar-refractivity contribution in [3.05, 3.63) is 53.9 Å². The lowest BCUT2D eigenvalue weighted by Gasteiger charge is -2.10. The Labute approximate surface area is 143 Å². The number of nitrogen functional groups attached to an aromatic ring is 1. The van der Waals surface area contributed by atoms with Crippen LogP contribution in [0.25, 0.3) is 0 Å². The van der Waals surface area contributed by atoms with E-state index in [4.69, 9.17) is 5.73 Å². The zero-order valence-electron chi connectivity index (χ0n) is 14.2. The van der Waals surface area contributed by atoms with Gasteiger partial charge in [0, 0.05) is 12.7 Å². The molecular weight excluding hydrogens is 302 g/mol. The zero-order chi connectivity index (χ0) is 17.4. The van der Waals surface area contributed by atoms with Crippen molar-refractivity contribution in [3.63, 3.8) is 0 Å². The molecule has 0 radical (unpaired) electrons. The number of nitrogens with two attached hydrogens (primary N) is 1. The minimum atomic E-state index is -0.265. The summed E-state index contributed by atoms with van der Waals surface area (Å²) in [6.07, 6.45) is 2.82. The van der Waals surface area contributed by atoms with Crippen LogP contribution in [0.3, 0.4) is 0 Å². The topological polar surface area (TPSA) is 83.3 Å². The van der Waals surface area contributed by atoms with Gasteiger partial charge < -0.3 is 21.3 Å². The molecule has 4 N–H and O–H groups in total. The SMILES string of the molecule is CN(C)CCCNCc1ccc(C(=O)Nc2ccccc2N)nc1. The monoisotopic (exact) mass is 327 g/mol. The maximum atomic E-state index is 12.2. The third-order valence-corrected chi connectivity index (χ3v) is 3.55. The van der Waals surface area contributed by atoms with Gasteiger partial charge in [-0.1, -0.05) is 18.2 Å². The first-order valence-corrected chi connectivity index (χ1v) is 8.02. The van der Waals surface area contributed by atoms with E-state index in [2.05, 4.69) is 34.6 Å². The lowest BCUT2D eigenvalue weighted by atomic mass is 10.2. The molecule has 0 bridgehead atoms. The molecule has 1 aromatic carbocycles. The number of aromatic nitrogens is 1. The number of anilines is 2. The highest BCUT2D eigenvalue weighted by atomic mass is 16.1. The van der Waals surface area contributed by atoms with Crippen LogP contribution < -0.4 is 16.4 Å². The summed E-state index contributed by atoms with van der Waals surface area (Å²) in [5, 5.41) is 6.14. The van der Waals surface area contributed by atoms with Gasteiger partial charge in [0.15, 0.2) is 0 Å². The van der Waals surface area contributed by atoms with Gasteiger partial charge in [-0.2, -0.15) is 0 Å². The molecule has 0 unspecified atom stereocenters. The minimum absolute atomic E-state index is 0.265. The molecular formula is C18H25N5O. The second-order valence-corrected chi connectivity index (χ2v) is 5.93. The van der Waals surface area contributed by atoms with E-state index in [-0.39, 0.29) is 5.91 Å². The van der Waals surface area contributed by atoms with Crippen LogP contribution in [0.2, 0.25) is 0 Å². The van der Waals surface area contributed by atoms with Gasteiger partial charge in [-0.15, -0.1) is 0 Å². The Morgan fingerprint density at radius 1 is 1.21 bits per heavy atom. The standard InChI is InChI=1S/C18H25N5O/c1-23(2)11-5-10-20-12-14-8-9-17(21-13-14)18(24)22-16-7-4-3-6-15(16)19/h3-4,6-9,13,20H,5,10-12,19H2,1-2H3,(H,22,24). The fraction of sp³-hybridized carbons (Fsp3) is 0.333. The molecule has 0 aliphatic carbocycles. The van der Waals surface area contributed by atoms with E-state index in [1.165, 1.54) is 0 Å². The van der Waals surface area contributed by atoms with Crippen molar-refractivity contribution in [1.29, 1.82) is 0 Å². The highest BCUT2D eigenvalue weighted by molar-refractivity contribution is 6.04. The lowest BCUT2D eigenvalue weighted by Crippen LogP contribution is -2.21. The average molecular weight is 327 g/mol. The Balaban J connectivity index is 1.83. The summed E-state index contributed by atoms with van der Waals surface area (Å²) in [5.41, 5.74) is 8.37. The molecule has 2 aromatic rings. The fourth-order valence-corrected chi connectivity index (χ4v) is 2.21. The molecule has 128 valence electrons.